The van der Waals surface area contributed by atoms with Gasteiger partial charge in [-0.25, -0.2) is 9.97 Å². The van der Waals surface area contributed by atoms with Gasteiger partial charge in [-0.2, -0.15) is 0 Å². The zero-order valence-corrected chi connectivity index (χ0v) is 41.5. The van der Waals surface area contributed by atoms with E-state index < -0.39 is 0 Å². The Morgan fingerprint density at radius 2 is 0.971 bits per heavy atom. The second-order valence-corrected chi connectivity index (χ2v) is 16.6. The number of carbonyl (C=O) groups excluding carboxylic acids is 5. The molecule has 0 aliphatic carbocycles. The first-order valence-corrected chi connectivity index (χ1v) is 23.1. The molecule has 8 bridgehead atoms. The Hall–Kier alpha value is -6.37. The van der Waals surface area contributed by atoms with Crippen molar-refractivity contribution in [1.29, 1.82) is 0 Å². The second-order valence-electron chi connectivity index (χ2n) is 16.6. The van der Waals surface area contributed by atoms with Crippen molar-refractivity contribution in [3.63, 3.8) is 0 Å². The van der Waals surface area contributed by atoms with Crippen LogP contribution in [-0.2, 0) is 77.9 Å². The summed E-state index contributed by atoms with van der Waals surface area (Å²) in [7, 11) is 0. The van der Waals surface area contributed by atoms with Crippen molar-refractivity contribution in [2.45, 2.75) is 106 Å². The molecule has 0 atom stereocenters. The molecule has 2 aliphatic rings. The fraction of sp³-hybridized carbons (Fsp3) is 0.404. The van der Waals surface area contributed by atoms with E-state index in [1.807, 2.05) is 76.2 Å². The average Bonchev–Trinajstić information content (AvgIpc) is 3.96. The Kier molecular flexibility index (Phi) is 19.0. The smallest absolute Gasteiger partial charge is 0.657 e. The normalized spacial score (nSPS) is 12.1. The van der Waals surface area contributed by atoms with Gasteiger partial charge in [-0.3, -0.25) is 24.0 Å². The maximum atomic E-state index is 13.3. The molecule has 0 saturated heterocycles. The zero-order chi connectivity index (χ0) is 48.2. The van der Waals surface area contributed by atoms with Crippen LogP contribution in [0.3, 0.4) is 0 Å². The van der Waals surface area contributed by atoms with Crippen LogP contribution in [0.15, 0.2) is 48.5 Å². The van der Waals surface area contributed by atoms with Gasteiger partial charge in [0.2, 0.25) is 11.8 Å². The summed E-state index contributed by atoms with van der Waals surface area (Å²) in [5, 5.41) is 5.61. The maximum absolute atomic E-state index is 13.3. The number of esters is 3. The number of anilines is 1. The van der Waals surface area contributed by atoms with Crippen LogP contribution in [0.1, 0.15) is 124 Å². The Morgan fingerprint density at radius 1 is 0.544 bits per heavy atom. The summed E-state index contributed by atoms with van der Waals surface area (Å²) in [4.78, 5) is 84.5. The van der Waals surface area contributed by atoms with E-state index in [9.17, 15) is 24.0 Å². The number of carbonyl (C=O) groups is 5. The van der Waals surface area contributed by atoms with Crippen LogP contribution in [0.25, 0.3) is 44.4 Å². The van der Waals surface area contributed by atoms with Gasteiger partial charge >= 0.3 is 38.3 Å². The molecule has 4 aromatic rings. The van der Waals surface area contributed by atoms with Crippen LogP contribution >= 0.6 is 0 Å². The van der Waals surface area contributed by atoms with Gasteiger partial charge in [0.05, 0.1) is 49.1 Å². The number of aromatic nitrogens is 4. The Bertz CT molecular complexity index is 2770. The topological polar surface area (TPSA) is 217 Å². The molecule has 2 amide bonds. The van der Waals surface area contributed by atoms with Crippen LogP contribution in [0.5, 0.6) is 0 Å². The molecule has 0 fully saturated rings. The minimum atomic E-state index is -0.318. The fourth-order valence-electron chi connectivity index (χ4n) is 8.31. The molecular weight excluding hydrogens is 957 g/mol. The molecule has 362 valence electrons. The van der Waals surface area contributed by atoms with Gasteiger partial charge in [-0.15, -0.1) is 22.1 Å². The molecule has 5 heterocycles. The number of amides is 2. The SMILES string of the molecule is CCOC(=O)CCC1=C(C)c2cc3[n-]c(cc4nc(cc5[n-]c(cc1n2)c(C)c5CCC(=O)OCC)C(C)=C4CCC(=O)NCC(=O)NCCc1ccc(N)cc1)c(C)c3CCC(=O)OCC.[Pd+2]. The van der Waals surface area contributed by atoms with Crippen LogP contribution in [0.2, 0.25) is 0 Å². The predicted molar refractivity (Wildman–Crippen MR) is 259 cm³/mol. The van der Waals surface area contributed by atoms with E-state index in [1.165, 1.54) is 0 Å². The number of fused-ring (bicyclic) bond motifs is 8. The van der Waals surface area contributed by atoms with Gasteiger partial charge in [0.25, 0.3) is 0 Å². The Morgan fingerprint density at radius 3 is 1.43 bits per heavy atom. The molecule has 68 heavy (non-hydrogen) atoms. The summed E-state index contributed by atoms with van der Waals surface area (Å²) in [6.07, 6.45) is 2.60. The number of nitrogen functional groups attached to an aromatic ring is 1. The molecule has 15 nitrogen and oxygen atoms in total. The number of hydrogen-bond acceptors (Lipinski definition) is 11. The molecule has 4 N–H and O–H groups in total. The molecule has 3 aromatic heterocycles. The molecule has 0 spiro atoms. The third-order valence-electron chi connectivity index (χ3n) is 12.1. The number of nitrogens with two attached hydrogens (primary N) is 1. The van der Waals surface area contributed by atoms with E-state index in [1.54, 1.807) is 20.8 Å². The van der Waals surface area contributed by atoms with Crippen molar-refractivity contribution in [2.24, 2.45) is 0 Å². The number of nitrogens with one attached hydrogen (secondary N) is 2. The Balaban J connectivity index is 0.00000864. The molecular formula is C52H61N7O8Pd. The number of rotatable bonds is 20. The van der Waals surface area contributed by atoms with Crippen molar-refractivity contribution in [1.82, 2.24) is 30.6 Å². The van der Waals surface area contributed by atoms with Gasteiger partial charge in [-0.05, 0) is 121 Å². The standard InChI is InChI=1S/C52H63N7O8.Pd/c1-8-65-50(62)20-16-37-31(5)41-25-44-36(15-19-48(60)55-29-49(61)54-24-23-34-11-13-35(53)14-12-34)30(4)40(56-44)26-45-38(17-21-51(63)66-9-2)32(6)42(58-45)28-47-39(18-22-52(64)67-10-3)33(7)43(59-47)27-46(37)57-41;/h11-14,25-28H,8-10,15-24,29,53H2,1-7H3,(H4,54,55,56,57,58,59,60,61);/q;+2/p-2. The van der Waals surface area contributed by atoms with Crippen LogP contribution in [-0.4, -0.2) is 72.6 Å². The van der Waals surface area contributed by atoms with Crippen LogP contribution in [0, 0.1) is 13.8 Å². The van der Waals surface area contributed by atoms with Gasteiger partial charge < -0.3 is 40.5 Å². The molecule has 0 saturated carbocycles. The zero-order valence-electron chi connectivity index (χ0n) is 40.0. The fourth-order valence-corrected chi connectivity index (χ4v) is 8.31. The number of ether oxygens (including phenoxy) is 3. The van der Waals surface area contributed by atoms with Gasteiger partial charge in [-0.1, -0.05) is 58.7 Å². The summed E-state index contributed by atoms with van der Waals surface area (Å²) in [5.41, 5.74) is 19.4. The summed E-state index contributed by atoms with van der Waals surface area (Å²) in [5.74, 6) is -1.53. The predicted octanol–water partition coefficient (Wildman–Crippen LogP) is 7.22. The third kappa shape index (κ3) is 13.4. The largest absolute Gasteiger partial charge is 2.00 e. The van der Waals surface area contributed by atoms with E-state index in [0.29, 0.717) is 89.2 Å². The monoisotopic (exact) mass is 1020 g/mol. The molecule has 1 aromatic carbocycles. The van der Waals surface area contributed by atoms with Gasteiger partial charge in [0, 0.05) is 37.9 Å². The minimum absolute atomic E-state index is 0. The van der Waals surface area contributed by atoms with E-state index >= 15 is 0 Å². The first-order valence-electron chi connectivity index (χ1n) is 23.1. The molecule has 2 aliphatic heterocycles. The first-order chi connectivity index (χ1) is 32.2. The third-order valence-corrected chi connectivity index (χ3v) is 12.1. The molecule has 0 unspecified atom stereocenters. The van der Waals surface area contributed by atoms with Crippen molar-refractivity contribution in [3.05, 3.63) is 99.1 Å². The van der Waals surface area contributed by atoms with Crippen LogP contribution < -0.4 is 26.3 Å². The van der Waals surface area contributed by atoms with Crippen molar-refractivity contribution >= 4 is 79.8 Å². The first kappa shape index (κ1) is 52.6. The van der Waals surface area contributed by atoms with Crippen molar-refractivity contribution in [2.75, 3.05) is 38.6 Å². The number of benzene rings is 1. The number of hydrogen-bond donors (Lipinski definition) is 3. The summed E-state index contributed by atoms with van der Waals surface area (Å²) in [6, 6.07) is 15.1. The van der Waals surface area contributed by atoms with Crippen molar-refractivity contribution < 1.29 is 58.6 Å². The Labute approximate surface area is 411 Å². The van der Waals surface area contributed by atoms with E-state index in [-0.39, 0.29) is 102 Å². The summed E-state index contributed by atoms with van der Waals surface area (Å²) < 4.78 is 15.9. The molecule has 6 rings (SSSR count). The quantitative estimate of drug-likeness (QED) is 0.0345. The van der Waals surface area contributed by atoms with E-state index in [4.69, 9.17) is 39.9 Å². The second kappa shape index (κ2) is 24.6. The number of aryl methyl sites for hydroxylation is 4. The maximum Gasteiger partial charge on any atom is 2.00 e. The minimum Gasteiger partial charge on any atom is -0.657 e. The summed E-state index contributed by atoms with van der Waals surface area (Å²) >= 11 is 0. The average molecular weight is 1020 g/mol. The van der Waals surface area contributed by atoms with Gasteiger partial charge in [0.1, 0.15) is 0 Å². The molecule has 0 radical (unpaired) electrons. The van der Waals surface area contributed by atoms with Crippen LogP contribution in [0.4, 0.5) is 5.69 Å². The van der Waals surface area contributed by atoms with E-state index in [0.717, 1.165) is 50.1 Å². The van der Waals surface area contributed by atoms with Crippen molar-refractivity contribution in [3.8, 4) is 0 Å². The number of nitrogens with zero attached hydrogens (tertiary/aromatic N) is 4. The van der Waals surface area contributed by atoms with E-state index in [2.05, 4.69) is 10.6 Å². The summed E-state index contributed by atoms with van der Waals surface area (Å²) in [6.45, 7) is 14.2. The van der Waals surface area contributed by atoms with Gasteiger partial charge in [0.15, 0.2) is 0 Å². The molecule has 16 heteroatoms. The number of allylic oxidation sites excluding steroid dienone is 4.